The number of carbonyl (C=O) groups excluding carboxylic acids is 2. The maximum atomic E-state index is 11.7. The summed E-state index contributed by atoms with van der Waals surface area (Å²) in [6, 6.07) is 0. The van der Waals surface area contributed by atoms with Gasteiger partial charge in [-0.2, -0.15) is 13.9 Å². The molecule has 190 valence electrons. The molecule has 0 saturated carbocycles. The smallest absolute Gasteiger partial charge is 1.00 e. The van der Waals surface area contributed by atoms with Crippen molar-refractivity contribution in [1.29, 1.82) is 0 Å². The van der Waals surface area contributed by atoms with Crippen molar-refractivity contribution in [3.8, 4) is 0 Å². The molecule has 9 nitrogen and oxygen atoms in total. The largest absolute Gasteiger partial charge is 1.00 e. The number of unbranched alkanes of at least 4 members (excludes halogenated alkanes) is 11. The van der Waals surface area contributed by atoms with Crippen LogP contribution in [-0.4, -0.2) is 41.2 Å². The average molecular weight is 526 g/mol. The first-order valence-corrected chi connectivity index (χ1v) is 13.0. The average Bonchev–Trinajstić information content (AvgIpc) is 2.72. The van der Waals surface area contributed by atoms with Crippen LogP contribution in [0.5, 0.6) is 0 Å². The number of allylic oxidation sites excluding steroid dienone is 2. The second kappa shape index (κ2) is 24.7. The van der Waals surface area contributed by atoms with Gasteiger partial charge in [0.1, 0.15) is 0 Å². The molecule has 0 saturated heterocycles. The maximum Gasteiger partial charge on any atom is 1.00 e. The summed E-state index contributed by atoms with van der Waals surface area (Å²) >= 11 is 0. The molecule has 0 heterocycles. The molecule has 0 aliphatic rings. The van der Waals surface area contributed by atoms with Crippen molar-refractivity contribution in [3.63, 3.8) is 0 Å². The second-order valence-corrected chi connectivity index (χ2v) is 9.48. The Morgan fingerprint density at radius 3 is 1.82 bits per heavy atom. The molecule has 0 fully saturated rings. The van der Waals surface area contributed by atoms with E-state index in [-0.39, 0.29) is 68.4 Å². The summed E-state index contributed by atoms with van der Waals surface area (Å²) in [5, 5.41) is 6.31. The Bertz CT molecular complexity index is 698. The molecule has 1 unspecified atom stereocenters. The molecule has 0 aliphatic heterocycles. The van der Waals surface area contributed by atoms with E-state index >= 15 is 0 Å². The van der Waals surface area contributed by atoms with E-state index in [1.807, 2.05) is 0 Å². The number of aliphatic carboxylic acids is 1. The minimum absolute atomic E-state index is 0. The van der Waals surface area contributed by atoms with Gasteiger partial charge in [-0.3, -0.25) is 14.1 Å². The maximum absolute atomic E-state index is 11.7. The summed E-state index contributed by atoms with van der Waals surface area (Å²) in [5.41, 5.74) is 1.79. The minimum Gasteiger partial charge on any atom is -1.00 e. The van der Waals surface area contributed by atoms with Gasteiger partial charge in [-0.15, -0.1) is 0 Å². The third-order valence-electron chi connectivity index (χ3n) is 4.91. The van der Waals surface area contributed by atoms with Gasteiger partial charge in [-0.05, 0) is 32.1 Å². The Kier molecular flexibility index (Phi) is 28.1. The van der Waals surface area contributed by atoms with Crippen LogP contribution >= 0.6 is 0 Å². The zero-order valence-corrected chi connectivity index (χ0v) is 25.9. The van der Waals surface area contributed by atoms with Crippen LogP contribution in [0.25, 0.3) is 0 Å². The van der Waals surface area contributed by atoms with E-state index in [1.54, 1.807) is 5.48 Å². The van der Waals surface area contributed by atoms with E-state index in [2.05, 4.69) is 23.9 Å². The molecule has 0 aromatic carbocycles. The standard InChI is InChI=1S/C22H39NO8S.2Na.2H/c1-2-3-4-5-6-7-8-9-10-11-12-13-14-15-16-17-20(24)23-31-22(27)19(18-21(25)26)32(28,29)30;;;;/h9-10,19H,2-8,11-18H2,1H3,(H,23,24)(H,25,26)(H,28,29,30);;;;/q;2*+1;2*-1. The third kappa shape index (κ3) is 23.8. The summed E-state index contributed by atoms with van der Waals surface area (Å²) in [7, 11) is -4.96. The summed E-state index contributed by atoms with van der Waals surface area (Å²) in [4.78, 5) is 38.2. The van der Waals surface area contributed by atoms with Crippen LogP contribution in [0, 0.1) is 0 Å². The Hall–Kier alpha value is 0.0600. The molecule has 1 atom stereocenters. The number of rotatable bonds is 19. The summed E-state index contributed by atoms with van der Waals surface area (Å²) < 4.78 is 31.0. The Morgan fingerprint density at radius 1 is 0.882 bits per heavy atom. The van der Waals surface area contributed by atoms with Crippen LogP contribution in [0.1, 0.15) is 106 Å². The van der Waals surface area contributed by atoms with Crippen molar-refractivity contribution in [2.75, 3.05) is 0 Å². The predicted molar refractivity (Wildman–Crippen MR) is 124 cm³/mol. The molecule has 3 N–H and O–H groups in total. The van der Waals surface area contributed by atoms with Gasteiger partial charge in [-0.1, -0.05) is 70.4 Å². The van der Waals surface area contributed by atoms with Gasteiger partial charge in [-0.25, -0.2) is 4.79 Å². The van der Waals surface area contributed by atoms with E-state index in [9.17, 15) is 22.8 Å². The number of carboxylic acids is 1. The molecule has 0 aromatic rings. The molecule has 0 aliphatic carbocycles. The first-order valence-electron chi connectivity index (χ1n) is 11.5. The molecule has 12 heteroatoms. The fourth-order valence-corrected chi connectivity index (χ4v) is 3.69. The summed E-state index contributed by atoms with van der Waals surface area (Å²) in [6.45, 7) is 2.22. The van der Waals surface area contributed by atoms with Crippen LogP contribution in [0.4, 0.5) is 0 Å². The number of hydrogen-bond donors (Lipinski definition) is 3. The molecular formula is C22H41NNa2O8S. The first-order chi connectivity index (χ1) is 15.2. The zero-order valence-electron chi connectivity index (χ0n) is 23.1. The number of carbonyl (C=O) groups is 3. The van der Waals surface area contributed by atoms with E-state index in [1.165, 1.54) is 38.5 Å². The van der Waals surface area contributed by atoms with Gasteiger partial charge in [0.25, 0.3) is 16.0 Å². The van der Waals surface area contributed by atoms with Crippen LogP contribution in [-0.2, 0) is 29.3 Å². The summed E-state index contributed by atoms with van der Waals surface area (Å²) in [5.74, 6) is -3.78. The second-order valence-electron chi connectivity index (χ2n) is 7.88. The van der Waals surface area contributed by atoms with Crippen molar-refractivity contribution in [1.82, 2.24) is 5.48 Å². The van der Waals surface area contributed by atoms with E-state index in [0.717, 1.165) is 38.5 Å². The van der Waals surface area contributed by atoms with Crippen molar-refractivity contribution in [2.24, 2.45) is 0 Å². The van der Waals surface area contributed by atoms with E-state index in [0.29, 0.717) is 6.42 Å². The number of carboxylic acid groups (broad SMARTS) is 1. The van der Waals surface area contributed by atoms with E-state index in [4.69, 9.17) is 9.66 Å². The van der Waals surface area contributed by atoms with Gasteiger partial charge in [0.15, 0.2) is 5.25 Å². The van der Waals surface area contributed by atoms with E-state index < -0.39 is 39.6 Å². The molecule has 34 heavy (non-hydrogen) atoms. The third-order valence-corrected chi connectivity index (χ3v) is 5.99. The normalized spacial score (nSPS) is 11.8. The quantitative estimate of drug-likeness (QED) is 0.0611. The van der Waals surface area contributed by atoms with Crippen LogP contribution in [0.15, 0.2) is 12.2 Å². The molecule has 0 radical (unpaired) electrons. The Labute approximate surface area is 251 Å². The molecule has 0 aromatic heterocycles. The topological polar surface area (TPSA) is 147 Å². The van der Waals surface area contributed by atoms with Crippen molar-refractivity contribution in [3.05, 3.63) is 12.2 Å². The number of amides is 1. The number of hydroxylamine groups is 1. The number of hydrogen-bond acceptors (Lipinski definition) is 6. The zero-order chi connectivity index (χ0) is 24.2. The first kappa shape index (κ1) is 38.6. The van der Waals surface area contributed by atoms with Gasteiger partial charge < -0.3 is 12.8 Å². The summed E-state index contributed by atoms with van der Waals surface area (Å²) in [6.07, 6.45) is 18.0. The van der Waals surface area contributed by atoms with Crippen molar-refractivity contribution in [2.45, 2.75) is 108 Å². The SMILES string of the molecule is CCCCCCCCC=CCCCCCCCC(=O)NOC(=O)C(CC(=O)O)S(=O)(=O)O.[H-].[H-].[Na+].[Na+]. The fourth-order valence-electron chi connectivity index (χ4n) is 3.05. The monoisotopic (exact) mass is 525 g/mol. The Balaban J connectivity index is -0.000000801. The number of nitrogens with one attached hydrogen (secondary N) is 1. The van der Waals surface area contributed by atoms with Gasteiger partial charge in [0.05, 0.1) is 6.42 Å². The van der Waals surface area contributed by atoms with Crippen LogP contribution in [0.2, 0.25) is 0 Å². The van der Waals surface area contributed by atoms with Gasteiger partial charge in [0.2, 0.25) is 0 Å². The minimum atomic E-state index is -4.96. The van der Waals surface area contributed by atoms with Crippen molar-refractivity contribution < 1.29 is 99.3 Å². The molecule has 0 rings (SSSR count). The van der Waals surface area contributed by atoms with Crippen LogP contribution < -0.4 is 64.6 Å². The fraction of sp³-hybridized carbons (Fsp3) is 0.773. The predicted octanol–water partition coefficient (Wildman–Crippen LogP) is -1.44. The molecule has 0 spiro atoms. The molecule has 1 amide bonds. The molecule has 0 bridgehead atoms. The van der Waals surface area contributed by atoms with Gasteiger partial charge in [0, 0.05) is 6.42 Å². The van der Waals surface area contributed by atoms with Crippen molar-refractivity contribution >= 4 is 28.0 Å². The van der Waals surface area contributed by atoms with Gasteiger partial charge >= 0.3 is 71.1 Å². The van der Waals surface area contributed by atoms with Crippen LogP contribution in [0.3, 0.4) is 0 Å². The Morgan fingerprint density at radius 2 is 1.35 bits per heavy atom. The molecular weight excluding hydrogens is 484 g/mol.